The second kappa shape index (κ2) is 11.9. The molecule has 0 saturated heterocycles. The quantitative estimate of drug-likeness (QED) is 0.127. The third-order valence-electron chi connectivity index (χ3n) is 5.52. The van der Waals surface area contributed by atoms with E-state index in [1.54, 1.807) is 47.8 Å². The molecular weight excluding hydrogens is 516 g/mol. The highest BCUT2D eigenvalue weighted by Gasteiger charge is 2.14. The van der Waals surface area contributed by atoms with E-state index in [1.807, 2.05) is 42.5 Å². The molecule has 5 rings (SSSR count). The highest BCUT2D eigenvalue weighted by Crippen LogP contribution is 2.29. The van der Waals surface area contributed by atoms with Gasteiger partial charge in [0, 0.05) is 11.1 Å². The van der Waals surface area contributed by atoms with Gasteiger partial charge in [-0.3, -0.25) is 4.79 Å². The lowest BCUT2D eigenvalue weighted by atomic mass is 10.1. The summed E-state index contributed by atoms with van der Waals surface area (Å²) >= 11 is 1.29. The molecule has 0 fully saturated rings. The first-order valence-corrected chi connectivity index (χ1v) is 12.7. The summed E-state index contributed by atoms with van der Waals surface area (Å²) in [5.74, 6) is 0.378. The van der Waals surface area contributed by atoms with Crippen molar-refractivity contribution in [2.45, 2.75) is 6.54 Å². The largest absolute Gasteiger partial charge is 0.493 e. The van der Waals surface area contributed by atoms with Gasteiger partial charge in [-0.25, -0.2) is 10.2 Å². The number of esters is 1. The van der Waals surface area contributed by atoms with Gasteiger partial charge < -0.3 is 9.47 Å². The summed E-state index contributed by atoms with van der Waals surface area (Å²) in [6, 6.07) is 25.1. The molecule has 1 N–H and O–H groups in total. The monoisotopic (exact) mass is 538 g/mol. The zero-order valence-corrected chi connectivity index (χ0v) is 21.5. The maximum Gasteiger partial charge on any atom is 0.353 e. The molecule has 0 aliphatic carbocycles. The molecule has 0 atom stereocenters. The summed E-state index contributed by atoms with van der Waals surface area (Å²) in [5, 5.41) is 18.4. The Balaban J connectivity index is 1.16. The first-order valence-electron chi connectivity index (χ1n) is 11.8. The Morgan fingerprint density at radius 2 is 1.82 bits per heavy atom. The summed E-state index contributed by atoms with van der Waals surface area (Å²) in [6.07, 6.45) is 1.47. The smallest absolute Gasteiger partial charge is 0.353 e. The van der Waals surface area contributed by atoms with Crippen LogP contribution in [0, 0.1) is 0 Å². The van der Waals surface area contributed by atoms with E-state index in [9.17, 15) is 9.59 Å². The first-order chi connectivity index (χ1) is 19.1. The Labute approximate surface area is 227 Å². The van der Waals surface area contributed by atoms with Crippen molar-refractivity contribution in [1.82, 2.24) is 25.6 Å². The molecule has 2 heterocycles. The van der Waals surface area contributed by atoms with Crippen LogP contribution in [-0.2, 0) is 6.54 Å². The second-order valence-corrected chi connectivity index (χ2v) is 9.13. The fraction of sp³-hybridized carbons (Fsp3) is 0.0714. The van der Waals surface area contributed by atoms with Crippen LogP contribution < -0.4 is 14.9 Å². The summed E-state index contributed by atoms with van der Waals surface area (Å²) in [5.41, 5.74) is 5.41. The van der Waals surface area contributed by atoms with Crippen LogP contribution in [0.1, 0.15) is 31.2 Å². The number of benzene rings is 3. The Morgan fingerprint density at radius 3 is 2.56 bits per heavy atom. The summed E-state index contributed by atoms with van der Waals surface area (Å²) in [6.45, 7) is 0.417. The number of hydrazone groups is 1. The predicted molar refractivity (Wildman–Crippen MR) is 146 cm³/mol. The van der Waals surface area contributed by atoms with E-state index in [-0.39, 0.29) is 11.7 Å². The van der Waals surface area contributed by atoms with E-state index in [1.165, 1.54) is 29.5 Å². The summed E-state index contributed by atoms with van der Waals surface area (Å²) in [4.78, 5) is 26.8. The number of carbonyl (C=O) groups is 2. The lowest BCUT2D eigenvalue weighted by molar-refractivity contribution is 0.0734. The lowest BCUT2D eigenvalue weighted by Gasteiger charge is -2.09. The van der Waals surface area contributed by atoms with Gasteiger partial charge in [-0.2, -0.15) is 9.90 Å². The van der Waals surface area contributed by atoms with Crippen molar-refractivity contribution in [1.29, 1.82) is 0 Å². The average molecular weight is 539 g/mol. The summed E-state index contributed by atoms with van der Waals surface area (Å²) in [7, 11) is 1.48. The van der Waals surface area contributed by atoms with Crippen molar-refractivity contribution in [2.75, 3.05) is 7.11 Å². The van der Waals surface area contributed by atoms with E-state index in [2.05, 4.69) is 25.9 Å². The number of methoxy groups -OCH3 is 1. The third kappa shape index (κ3) is 6.40. The number of tetrazole rings is 1. The van der Waals surface area contributed by atoms with Gasteiger partial charge in [0.1, 0.15) is 4.88 Å². The van der Waals surface area contributed by atoms with Gasteiger partial charge in [-0.15, -0.1) is 21.5 Å². The molecule has 0 bridgehead atoms. The standard InChI is InChI=1S/C28H22N6O4S/c1-37-24-16-20(11-14-23(24)38-28(36)25-8-5-15-39-25)17-29-31-27(35)22-12-9-19(10-13-22)18-34-32-26(30-33-34)21-6-3-2-4-7-21/h2-17H,18H2,1H3,(H,31,35)/b29-17+. The van der Waals surface area contributed by atoms with Gasteiger partial charge in [0.15, 0.2) is 11.5 Å². The van der Waals surface area contributed by atoms with Crippen molar-refractivity contribution in [3.05, 3.63) is 112 Å². The zero-order chi connectivity index (χ0) is 27.0. The van der Waals surface area contributed by atoms with Gasteiger partial charge >= 0.3 is 5.97 Å². The maximum atomic E-state index is 12.5. The van der Waals surface area contributed by atoms with Crippen LogP contribution in [0.4, 0.5) is 0 Å². The Bertz CT molecular complexity index is 1600. The summed E-state index contributed by atoms with van der Waals surface area (Å²) < 4.78 is 10.8. The van der Waals surface area contributed by atoms with E-state index in [4.69, 9.17) is 9.47 Å². The Kier molecular flexibility index (Phi) is 7.79. The number of carbonyl (C=O) groups excluding carboxylic acids is 2. The van der Waals surface area contributed by atoms with Crippen LogP contribution in [0.25, 0.3) is 11.4 Å². The van der Waals surface area contributed by atoms with Crippen molar-refractivity contribution in [2.24, 2.45) is 5.10 Å². The van der Waals surface area contributed by atoms with Gasteiger partial charge in [-0.1, -0.05) is 48.5 Å². The highest BCUT2D eigenvalue weighted by molar-refractivity contribution is 7.12. The van der Waals surface area contributed by atoms with E-state index in [0.717, 1.165) is 11.1 Å². The van der Waals surface area contributed by atoms with Gasteiger partial charge in [0.05, 0.1) is 19.9 Å². The number of ether oxygens (including phenoxy) is 2. The van der Waals surface area contributed by atoms with Gasteiger partial charge in [0.25, 0.3) is 5.91 Å². The Hall–Kier alpha value is -5.16. The van der Waals surface area contributed by atoms with Crippen molar-refractivity contribution in [3.8, 4) is 22.9 Å². The number of amides is 1. The zero-order valence-electron chi connectivity index (χ0n) is 20.7. The topological polar surface area (TPSA) is 121 Å². The predicted octanol–water partition coefficient (Wildman–Crippen LogP) is 4.44. The molecule has 11 heteroatoms. The molecule has 0 radical (unpaired) electrons. The fourth-order valence-electron chi connectivity index (χ4n) is 3.56. The molecule has 1 amide bonds. The second-order valence-electron chi connectivity index (χ2n) is 8.18. The van der Waals surface area contributed by atoms with Crippen molar-refractivity contribution in [3.63, 3.8) is 0 Å². The Morgan fingerprint density at radius 1 is 1.00 bits per heavy atom. The average Bonchev–Trinajstić information content (AvgIpc) is 3.68. The first kappa shape index (κ1) is 25.5. The van der Waals surface area contributed by atoms with Crippen molar-refractivity contribution < 1.29 is 19.1 Å². The van der Waals surface area contributed by atoms with Crippen LogP contribution >= 0.6 is 11.3 Å². The van der Waals surface area contributed by atoms with Crippen LogP contribution in [0.15, 0.2) is 95.4 Å². The highest BCUT2D eigenvalue weighted by atomic mass is 32.1. The number of hydrogen-bond acceptors (Lipinski definition) is 9. The molecule has 39 heavy (non-hydrogen) atoms. The molecule has 0 saturated carbocycles. The maximum absolute atomic E-state index is 12.5. The van der Waals surface area contributed by atoms with E-state index >= 15 is 0 Å². The fourth-order valence-corrected chi connectivity index (χ4v) is 4.16. The molecule has 0 spiro atoms. The van der Waals surface area contributed by atoms with E-state index in [0.29, 0.717) is 34.1 Å². The van der Waals surface area contributed by atoms with Crippen LogP contribution in [0.5, 0.6) is 11.5 Å². The number of nitrogens with zero attached hydrogens (tertiary/aromatic N) is 5. The van der Waals surface area contributed by atoms with Gasteiger partial charge in [-0.05, 0) is 58.1 Å². The number of rotatable bonds is 9. The van der Waals surface area contributed by atoms with Crippen LogP contribution in [0.2, 0.25) is 0 Å². The molecule has 0 unspecified atom stereocenters. The molecule has 194 valence electrons. The van der Waals surface area contributed by atoms with Crippen LogP contribution in [0.3, 0.4) is 0 Å². The molecular formula is C28H22N6O4S. The molecule has 0 aliphatic heterocycles. The number of nitrogens with one attached hydrogen (secondary N) is 1. The van der Waals surface area contributed by atoms with Crippen molar-refractivity contribution >= 4 is 29.4 Å². The normalized spacial score (nSPS) is 10.9. The molecule has 2 aromatic heterocycles. The minimum atomic E-state index is -0.461. The molecule has 5 aromatic rings. The third-order valence-corrected chi connectivity index (χ3v) is 6.37. The number of hydrogen-bond donors (Lipinski definition) is 1. The molecule has 0 aliphatic rings. The van der Waals surface area contributed by atoms with Crippen LogP contribution in [-0.4, -0.2) is 45.4 Å². The number of thiophene rings is 1. The SMILES string of the molecule is COc1cc(/C=N/NC(=O)c2ccc(Cn3nnc(-c4ccccc4)n3)cc2)ccc1OC(=O)c1cccs1. The lowest BCUT2D eigenvalue weighted by Crippen LogP contribution is -2.17. The minimum absolute atomic E-state index is 0.287. The van der Waals surface area contributed by atoms with E-state index < -0.39 is 5.97 Å². The molecule has 10 nitrogen and oxygen atoms in total. The number of aromatic nitrogens is 4. The molecule has 3 aromatic carbocycles. The minimum Gasteiger partial charge on any atom is -0.493 e. The van der Waals surface area contributed by atoms with Gasteiger partial charge in [0.2, 0.25) is 5.82 Å².